The van der Waals surface area contributed by atoms with E-state index in [1.807, 2.05) is 0 Å². The van der Waals surface area contributed by atoms with Crippen molar-refractivity contribution in [3.63, 3.8) is 0 Å². The number of carbonyl (C=O) groups is 1. The smallest absolute Gasteiger partial charge is 0.167 e. The molecule has 0 unspecified atom stereocenters. The molecule has 0 aromatic heterocycles. The Hall–Kier alpha value is -1.65. The van der Waals surface area contributed by atoms with Gasteiger partial charge in [-0.15, -0.1) is 0 Å². The van der Waals surface area contributed by atoms with Crippen molar-refractivity contribution < 1.29 is 13.6 Å². The van der Waals surface area contributed by atoms with Gasteiger partial charge in [-0.05, 0) is 23.8 Å². The fourth-order valence-electron chi connectivity index (χ4n) is 1.69. The van der Waals surface area contributed by atoms with Crippen LogP contribution in [0.3, 0.4) is 0 Å². The van der Waals surface area contributed by atoms with Crippen molar-refractivity contribution in [2.45, 2.75) is 6.42 Å². The van der Waals surface area contributed by atoms with Crippen LogP contribution in [-0.2, 0) is 6.42 Å². The SMILES string of the molecule is Nc1c(Cl)cc(C(=O)Cc2ccc(F)cc2F)cc1Cl. The molecule has 2 nitrogen and oxygen atoms in total. The second kappa shape index (κ2) is 5.77. The van der Waals surface area contributed by atoms with Gasteiger partial charge in [0.2, 0.25) is 0 Å². The third-order valence-corrected chi connectivity index (χ3v) is 3.39. The van der Waals surface area contributed by atoms with E-state index < -0.39 is 11.6 Å². The summed E-state index contributed by atoms with van der Waals surface area (Å²) in [6.07, 6.45) is -0.220. The van der Waals surface area contributed by atoms with E-state index in [4.69, 9.17) is 28.9 Å². The largest absolute Gasteiger partial charge is 0.396 e. The molecule has 0 aliphatic heterocycles. The monoisotopic (exact) mass is 315 g/mol. The van der Waals surface area contributed by atoms with E-state index in [1.54, 1.807) is 0 Å². The Kier molecular flexibility index (Phi) is 4.26. The molecule has 0 saturated heterocycles. The molecule has 0 amide bonds. The van der Waals surface area contributed by atoms with Crippen molar-refractivity contribution in [1.82, 2.24) is 0 Å². The highest BCUT2D eigenvalue weighted by Crippen LogP contribution is 2.29. The number of ketones is 1. The number of halogens is 4. The minimum atomic E-state index is -0.772. The molecule has 6 heteroatoms. The third-order valence-electron chi connectivity index (χ3n) is 2.77. The Morgan fingerprint density at radius 2 is 1.70 bits per heavy atom. The lowest BCUT2D eigenvalue weighted by atomic mass is 10.0. The summed E-state index contributed by atoms with van der Waals surface area (Å²) in [5.74, 6) is -1.86. The molecule has 0 saturated carbocycles. The molecule has 0 aliphatic rings. The van der Waals surface area contributed by atoms with Crippen LogP contribution >= 0.6 is 23.2 Å². The van der Waals surface area contributed by atoms with Gasteiger partial charge in [0.1, 0.15) is 11.6 Å². The Balaban J connectivity index is 2.28. The van der Waals surface area contributed by atoms with Gasteiger partial charge in [-0.25, -0.2) is 8.78 Å². The highest BCUT2D eigenvalue weighted by atomic mass is 35.5. The average molecular weight is 316 g/mol. The second-order valence-electron chi connectivity index (χ2n) is 4.19. The molecule has 20 heavy (non-hydrogen) atoms. The maximum atomic E-state index is 13.5. The topological polar surface area (TPSA) is 43.1 Å². The van der Waals surface area contributed by atoms with Gasteiger partial charge >= 0.3 is 0 Å². The number of carbonyl (C=O) groups excluding carboxylic acids is 1. The van der Waals surface area contributed by atoms with E-state index in [0.717, 1.165) is 12.1 Å². The predicted molar refractivity (Wildman–Crippen MR) is 75.3 cm³/mol. The number of hydrogen-bond acceptors (Lipinski definition) is 2. The Morgan fingerprint density at radius 1 is 1.10 bits per heavy atom. The van der Waals surface area contributed by atoms with Crippen LogP contribution in [-0.4, -0.2) is 5.78 Å². The zero-order valence-electron chi connectivity index (χ0n) is 10.1. The second-order valence-corrected chi connectivity index (χ2v) is 5.00. The molecule has 0 bridgehead atoms. The van der Waals surface area contributed by atoms with Crippen molar-refractivity contribution in [3.05, 3.63) is 63.1 Å². The first kappa shape index (κ1) is 14.8. The number of rotatable bonds is 3. The average Bonchev–Trinajstić information content (AvgIpc) is 2.38. The lowest BCUT2D eigenvalue weighted by Gasteiger charge is -2.07. The summed E-state index contributed by atoms with van der Waals surface area (Å²) < 4.78 is 26.3. The first-order valence-corrected chi connectivity index (χ1v) is 6.35. The maximum absolute atomic E-state index is 13.5. The van der Waals surface area contributed by atoms with E-state index in [0.29, 0.717) is 0 Å². The van der Waals surface area contributed by atoms with Gasteiger partial charge in [-0.3, -0.25) is 4.79 Å². The van der Waals surface area contributed by atoms with Crippen LogP contribution in [0.25, 0.3) is 0 Å². The van der Waals surface area contributed by atoms with Crippen molar-refractivity contribution in [1.29, 1.82) is 0 Å². The molecule has 2 aromatic carbocycles. The fraction of sp³-hybridized carbons (Fsp3) is 0.0714. The summed E-state index contributed by atoms with van der Waals surface area (Å²) >= 11 is 11.7. The summed E-state index contributed by atoms with van der Waals surface area (Å²) in [6.45, 7) is 0. The van der Waals surface area contributed by atoms with Gasteiger partial charge in [-0.1, -0.05) is 29.3 Å². The Morgan fingerprint density at radius 3 is 2.25 bits per heavy atom. The van der Waals surface area contributed by atoms with E-state index in [1.165, 1.54) is 18.2 Å². The summed E-state index contributed by atoms with van der Waals surface area (Å²) in [7, 11) is 0. The van der Waals surface area contributed by atoms with Gasteiger partial charge in [-0.2, -0.15) is 0 Å². The number of hydrogen-bond donors (Lipinski definition) is 1. The molecule has 104 valence electrons. The summed E-state index contributed by atoms with van der Waals surface area (Å²) in [4.78, 5) is 12.0. The van der Waals surface area contributed by atoms with Crippen LogP contribution in [0.5, 0.6) is 0 Å². The number of nitrogen functional groups attached to an aromatic ring is 1. The predicted octanol–water partition coefficient (Wildman–Crippen LogP) is 4.28. The van der Waals surface area contributed by atoms with Crippen molar-refractivity contribution in [2.75, 3.05) is 5.73 Å². The van der Waals surface area contributed by atoms with Crippen LogP contribution in [0.2, 0.25) is 10.0 Å². The molecule has 0 aliphatic carbocycles. The van der Waals surface area contributed by atoms with E-state index in [9.17, 15) is 13.6 Å². The van der Waals surface area contributed by atoms with Gasteiger partial charge in [0, 0.05) is 18.1 Å². The molecule has 0 radical (unpaired) electrons. The van der Waals surface area contributed by atoms with Gasteiger partial charge in [0.15, 0.2) is 5.78 Å². The minimum absolute atomic E-state index is 0.0977. The van der Waals surface area contributed by atoms with Gasteiger partial charge in [0.05, 0.1) is 15.7 Å². The summed E-state index contributed by atoms with van der Waals surface area (Å²) in [6, 6.07) is 5.78. The summed E-state index contributed by atoms with van der Waals surface area (Å²) in [5, 5.41) is 0.306. The third kappa shape index (κ3) is 3.08. The van der Waals surface area contributed by atoms with Crippen LogP contribution < -0.4 is 5.73 Å². The molecule has 0 fully saturated rings. The van der Waals surface area contributed by atoms with Gasteiger partial charge in [0.25, 0.3) is 0 Å². The van der Waals surface area contributed by atoms with Crippen molar-refractivity contribution in [2.24, 2.45) is 0 Å². The zero-order valence-corrected chi connectivity index (χ0v) is 11.6. The fourth-order valence-corrected chi connectivity index (χ4v) is 2.17. The molecule has 0 spiro atoms. The van der Waals surface area contributed by atoms with Crippen LogP contribution in [0.4, 0.5) is 14.5 Å². The zero-order chi connectivity index (χ0) is 14.9. The maximum Gasteiger partial charge on any atom is 0.167 e. The minimum Gasteiger partial charge on any atom is -0.396 e. The van der Waals surface area contributed by atoms with E-state index in [2.05, 4.69) is 0 Å². The molecule has 0 atom stereocenters. The summed E-state index contributed by atoms with van der Waals surface area (Å²) in [5.41, 5.74) is 6.06. The van der Waals surface area contributed by atoms with Gasteiger partial charge < -0.3 is 5.73 Å². The molecular formula is C14H9Cl2F2NO. The first-order chi connectivity index (χ1) is 9.38. The number of nitrogens with two attached hydrogens (primary N) is 1. The lowest BCUT2D eigenvalue weighted by Crippen LogP contribution is -2.06. The molecular weight excluding hydrogens is 307 g/mol. The van der Waals surface area contributed by atoms with E-state index in [-0.39, 0.29) is 39.1 Å². The Bertz CT molecular complexity index is 666. The number of anilines is 1. The lowest BCUT2D eigenvalue weighted by molar-refractivity contribution is 0.0992. The highest BCUT2D eigenvalue weighted by Gasteiger charge is 2.14. The molecule has 2 rings (SSSR count). The molecule has 2 aromatic rings. The molecule has 2 N–H and O–H groups in total. The first-order valence-electron chi connectivity index (χ1n) is 5.60. The standard InChI is InChI=1S/C14H9Cl2F2NO/c15-10-3-8(4-11(16)14(10)19)13(20)5-7-1-2-9(17)6-12(7)18/h1-4,6H,5,19H2. The Labute approximate surface area is 124 Å². The number of benzene rings is 2. The van der Waals surface area contributed by atoms with Crippen molar-refractivity contribution >= 4 is 34.7 Å². The quantitative estimate of drug-likeness (QED) is 0.678. The van der Waals surface area contributed by atoms with Crippen LogP contribution in [0, 0.1) is 11.6 Å². The van der Waals surface area contributed by atoms with Crippen LogP contribution in [0.15, 0.2) is 30.3 Å². The van der Waals surface area contributed by atoms with Crippen molar-refractivity contribution in [3.8, 4) is 0 Å². The van der Waals surface area contributed by atoms with Crippen LogP contribution in [0.1, 0.15) is 15.9 Å². The van der Waals surface area contributed by atoms with E-state index >= 15 is 0 Å². The molecule has 0 heterocycles. The number of Topliss-reactive ketones (excluding diaryl/α,β-unsaturated/α-hetero) is 1. The highest BCUT2D eigenvalue weighted by molar-refractivity contribution is 6.39. The normalized spacial score (nSPS) is 10.6.